The summed E-state index contributed by atoms with van der Waals surface area (Å²) in [6.07, 6.45) is 1.90. The van der Waals surface area contributed by atoms with Gasteiger partial charge in [-0.2, -0.15) is 4.31 Å². The van der Waals surface area contributed by atoms with Crippen LogP contribution in [0.1, 0.15) is 19.8 Å². The second-order valence-corrected chi connectivity index (χ2v) is 9.31. The molecule has 0 spiro atoms. The molecule has 1 aliphatic rings. The number of thiophene rings is 1. The molecule has 0 radical (unpaired) electrons. The van der Waals surface area contributed by atoms with Crippen LogP contribution in [0, 0.1) is 5.92 Å². The fourth-order valence-electron chi connectivity index (χ4n) is 2.19. The number of hydrogen-bond donors (Lipinski definition) is 1. The average molecular weight is 390 g/mol. The van der Waals surface area contributed by atoms with Crippen molar-refractivity contribution in [3.05, 3.63) is 15.9 Å². The first kappa shape index (κ1) is 17.4. The van der Waals surface area contributed by atoms with Gasteiger partial charge < -0.3 is 5.73 Å². The summed E-state index contributed by atoms with van der Waals surface area (Å²) in [7, 11) is -3.34. The third-order valence-corrected chi connectivity index (χ3v) is 7.26. The fraction of sp³-hybridized carbons (Fsp3) is 0.636. The second kappa shape index (κ2) is 6.87. The average Bonchev–Trinajstić information content (AvgIpc) is 2.77. The Balaban J connectivity index is 0.00000180. The first-order valence-electron chi connectivity index (χ1n) is 5.92. The minimum atomic E-state index is -3.34. The molecule has 2 N–H and O–H groups in total. The van der Waals surface area contributed by atoms with E-state index in [2.05, 4.69) is 15.9 Å². The molecule has 1 fully saturated rings. The maximum atomic E-state index is 12.4. The van der Waals surface area contributed by atoms with Crippen molar-refractivity contribution in [3.8, 4) is 0 Å². The lowest BCUT2D eigenvalue weighted by atomic mass is 9.93. The molecule has 2 atom stereocenters. The summed E-state index contributed by atoms with van der Waals surface area (Å²) in [5.41, 5.74) is 5.89. The van der Waals surface area contributed by atoms with Gasteiger partial charge in [-0.3, -0.25) is 0 Å². The predicted octanol–water partition coefficient (Wildman–Crippen LogP) is 2.68. The molecule has 2 unspecified atom stereocenters. The van der Waals surface area contributed by atoms with E-state index in [1.807, 2.05) is 6.92 Å². The molecule has 1 aromatic heterocycles. The van der Waals surface area contributed by atoms with Gasteiger partial charge in [0.15, 0.2) is 0 Å². The van der Waals surface area contributed by atoms with Crippen molar-refractivity contribution in [2.24, 2.45) is 11.7 Å². The van der Waals surface area contributed by atoms with E-state index in [0.717, 1.165) is 16.6 Å². The molecule has 110 valence electrons. The maximum Gasteiger partial charge on any atom is 0.252 e. The Kier molecular flexibility index (Phi) is 6.28. The summed E-state index contributed by atoms with van der Waals surface area (Å²) < 4.78 is 27.7. The second-order valence-electron chi connectivity index (χ2n) is 4.68. The molecule has 19 heavy (non-hydrogen) atoms. The molecule has 2 heterocycles. The van der Waals surface area contributed by atoms with Gasteiger partial charge in [0.1, 0.15) is 4.21 Å². The molecule has 1 aromatic rings. The zero-order valence-electron chi connectivity index (χ0n) is 10.6. The molecule has 8 heteroatoms. The minimum Gasteiger partial charge on any atom is -0.328 e. The largest absolute Gasteiger partial charge is 0.328 e. The van der Waals surface area contributed by atoms with Crippen molar-refractivity contribution in [1.29, 1.82) is 0 Å². The van der Waals surface area contributed by atoms with Crippen LogP contribution in [0.4, 0.5) is 0 Å². The summed E-state index contributed by atoms with van der Waals surface area (Å²) in [4.78, 5) is 0. The van der Waals surface area contributed by atoms with E-state index >= 15 is 0 Å². The lowest BCUT2D eigenvalue weighted by Gasteiger charge is -2.33. The maximum absolute atomic E-state index is 12.4. The molecular formula is C11H18BrClN2O2S2. The van der Waals surface area contributed by atoms with E-state index in [0.29, 0.717) is 17.3 Å². The molecule has 0 saturated carbocycles. The van der Waals surface area contributed by atoms with Crippen molar-refractivity contribution >= 4 is 49.7 Å². The van der Waals surface area contributed by atoms with E-state index < -0.39 is 10.0 Å². The van der Waals surface area contributed by atoms with Gasteiger partial charge in [0.2, 0.25) is 0 Å². The van der Waals surface area contributed by atoms with Gasteiger partial charge in [-0.15, -0.1) is 23.7 Å². The third-order valence-electron chi connectivity index (χ3n) is 3.31. The predicted molar refractivity (Wildman–Crippen MR) is 84.4 cm³/mol. The Morgan fingerprint density at radius 1 is 1.53 bits per heavy atom. The van der Waals surface area contributed by atoms with Gasteiger partial charge in [0.05, 0.1) is 3.79 Å². The third kappa shape index (κ3) is 3.92. The van der Waals surface area contributed by atoms with Crippen LogP contribution in [0.25, 0.3) is 0 Å². The standard InChI is InChI=1S/C11H17BrN2O2S2.ClH/c1-8(13)9-3-2-6-14(7-9)18(15,16)11-5-4-10(12)17-11;/h4-5,8-9H,2-3,6-7,13H2,1H3;1H. The van der Waals surface area contributed by atoms with Gasteiger partial charge in [0.25, 0.3) is 10.0 Å². The van der Waals surface area contributed by atoms with Crippen molar-refractivity contribution in [1.82, 2.24) is 4.31 Å². The van der Waals surface area contributed by atoms with Crippen molar-refractivity contribution in [3.63, 3.8) is 0 Å². The van der Waals surface area contributed by atoms with Crippen LogP contribution < -0.4 is 5.73 Å². The Morgan fingerprint density at radius 3 is 2.74 bits per heavy atom. The van der Waals surface area contributed by atoms with E-state index in [1.54, 1.807) is 16.4 Å². The Morgan fingerprint density at radius 2 is 2.21 bits per heavy atom. The summed E-state index contributed by atoms with van der Waals surface area (Å²) in [6.45, 7) is 3.08. The zero-order chi connectivity index (χ0) is 13.3. The fourth-order valence-corrected chi connectivity index (χ4v) is 5.88. The topological polar surface area (TPSA) is 63.4 Å². The molecule has 1 saturated heterocycles. The number of piperidine rings is 1. The van der Waals surface area contributed by atoms with E-state index in [9.17, 15) is 8.42 Å². The summed E-state index contributed by atoms with van der Waals surface area (Å²) in [5, 5.41) is 0. The highest BCUT2D eigenvalue weighted by Crippen LogP contribution is 2.31. The number of sulfonamides is 1. The normalized spacial score (nSPS) is 22.8. The number of nitrogens with zero attached hydrogens (tertiary/aromatic N) is 1. The highest BCUT2D eigenvalue weighted by atomic mass is 79.9. The van der Waals surface area contributed by atoms with Crippen LogP contribution in [-0.4, -0.2) is 31.9 Å². The van der Waals surface area contributed by atoms with Crippen LogP contribution in [0.5, 0.6) is 0 Å². The van der Waals surface area contributed by atoms with Crippen LogP contribution in [0.2, 0.25) is 0 Å². The Bertz CT molecular complexity index is 519. The van der Waals surface area contributed by atoms with Gasteiger partial charge in [0, 0.05) is 19.1 Å². The molecular weight excluding hydrogens is 372 g/mol. The van der Waals surface area contributed by atoms with Crippen LogP contribution in [0.3, 0.4) is 0 Å². The Hall–Kier alpha value is 0.340. The summed E-state index contributed by atoms with van der Waals surface area (Å²) in [5.74, 6) is 0.261. The molecule has 0 amide bonds. The molecule has 4 nitrogen and oxygen atoms in total. The number of nitrogens with two attached hydrogens (primary N) is 1. The van der Waals surface area contributed by atoms with Crippen molar-refractivity contribution in [2.45, 2.75) is 30.0 Å². The van der Waals surface area contributed by atoms with Crippen LogP contribution >= 0.6 is 39.7 Å². The van der Waals surface area contributed by atoms with Gasteiger partial charge in [-0.25, -0.2) is 8.42 Å². The summed E-state index contributed by atoms with van der Waals surface area (Å²) >= 11 is 4.55. The van der Waals surface area contributed by atoms with Crippen molar-refractivity contribution in [2.75, 3.05) is 13.1 Å². The van der Waals surface area contributed by atoms with Crippen molar-refractivity contribution < 1.29 is 8.42 Å². The number of halogens is 2. The smallest absolute Gasteiger partial charge is 0.252 e. The quantitative estimate of drug-likeness (QED) is 0.864. The lowest BCUT2D eigenvalue weighted by Crippen LogP contribution is -2.44. The minimum absolute atomic E-state index is 0. The van der Waals surface area contributed by atoms with Gasteiger partial charge in [-0.1, -0.05) is 0 Å². The molecule has 2 rings (SSSR count). The van der Waals surface area contributed by atoms with E-state index in [-0.39, 0.29) is 24.4 Å². The van der Waals surface area contributed by atoms with Gasteiger partial charge >= 0.3 is 0 Å². The lowest BCUT2D eigenvalue weighted by molar-refractivity contribution is 0.243. The first-order chi connectivity index (χ1) is 8.41. The highest BCUT2D eigenvalue weighted by Gasteiger charge is 2.32. The number of hydrogen-bond acceptors (Lipinski definition) is 4. The summed E-state index contributed by atoms with van der Waals surface area (Å²) in [6, 6.07) is 3.46. The SMILES string of the molecule is CC(N)C1CCCN(S(=O)(=O)c2ccc(Br)s2)C1.Cl. The highest BCUT2D eigenvalue weighted by molar-refractivity contribution is 9.11. The van der Waals surface area contributed by atoms with Crippen LogP contribution in [0.15, 0.2) is 20.1 Å². The van der Waals surface area contributed by atoms with E-state index in [1.165, 1.54) is 11.3 Å². The van der Waals surface area contributed by atoms with Crippen LogP contribution in [-0.2, 0) is 10.0 Å². The monoisotopic (exact) mass is 388 g/mol. The molecule has 0 bridgehead atoms. The Labute approximate surface area is 133 Å². The zero-order valence-corrected chi connectivity index (χ0v) is 14.6. The molecule has 0 aliphatic carbocycles. The molecule has 1 aliphatic heterocycles. The van der Waals surface area contributed by atoms with E-state index in [4.69, 9.17) is 5.73 Å². The molecule has 0 aromatic carbocycles. The number of rotatable bonds is 3. The van der Waals surface area contributed by atoms with Gasteiger partial charge in [-0.05, 0) is 53.7 Å². The first-order valence-corrected chi connectivity index (χ1v) is 8.97.